The van der Waals surface area contributed by atoms with Gasteiger partial charge in [-0.05, 0) is 120 Å². The number of para-hydroxylation sites is 2. The Morgan fingerprint density at radius 3 is 1.66 bits per heavy atom. The van der Waals surface area contributed by atoms with Crippen molar-refractivity contribution in [1.82, 2.24) is 0 Å². The highest BCUT2D eigenvalue weighted by Crippen LogP contribution is 2.63. The van der Waals surface area contributed by atoms with Gasteiger partial charge >= 0.3 is 0 Å². The van der Waals surface area contributed by atoms with Crippen LogP contribution < -0.4 is 4.90 Å². The lowest BCUT2D eigenvalue weighted by molar-refractivity contribution is 0.669. The molecule has 0 radical (unpaired) electrons. The maximum Gasteiger partial charge on any atom is 0.136 e. The SMILES string of the molecule is c1ccc(N(c2ccc3c(c2)C2(c4ccccc4-c4ccccc42)c2ccccc2-3)c2ccc3oc4ccccc4c3c2-c2ccc3ccc4ccccc4c3c2)cc1. The molecule has 0 atom stereocenters. The Hall–Kier alpha value is -7.68. The summed E-state index contributed by atoms with van der Waals surface area (Å²) in [4.78, 5) is 2.47. The number of anilines is 3. The van der Waals surface area contributed by atoms with Gasteiger partial charge < -0.3 is 9.32 Å². The second-order valence-electron chi connectivity index (χ2n) is 15.9. The van der Waals surface area contributed by atoms with Crippen LogP contribution in [0.25, 0.3) is 76.9 Å². The highest BCUT2D eigenvalue weighted by molar-refractivity contribution is 6.18. The molecule has 274 valence electrons. The largest absolute Gasteiger partial charge is 0.456 e. The lowest BCUT2D eigenvalue weighted by Gasteiger charge is -2.33. The van der Waals surface area contributed by atoms with E-state index < -0.39 is 5.41 Å². The predicted molar refractivity (Wildman–Crippen MR) is 245 cm³/mol. The van der Waals surface area contributed by atoms with Crippen LogP contribution in [0.1, 0.15) is 22.3 Å². The number of fused-ring (bicyclic) bond motifs is 16. The first-order valence-electron chi connectivity index (χ1n) is 20.4. The van der Waals surface area contributed by atoms with E-state index in [2.05, 4.69) is 217 Å². The van der Waals surface area contributed by atoms with Crippen molar-refractivity contribution in [2.24, 2.45) is 0 Å². The van der Waals surface area contributed by atoms with Gasteiger partial charge in [0.1, 0.15) is 11.2 Å². The Labute approximate surface area is 341 Å². The van der Waals surface area contributed by atoms with Crippen molar-refractivity contribution in [3.63, 3.8) is 0 Å². The predicted octanol–water partition coefficient (Wildman–Crippen LogP) is 15.4. The summed E-state index contributed by atoms with van der Waals surface area (Å²) >= 11 is 0. The van der Waals surface area contributed by atoms with Crippen LogP contribution in [-0.4, -0.2) is 0 Å². The van der Waals surface area contributed by atoms with Crippen LogP contribution in [0.5, 0.6) is 0 Å². The van der Waals surface area contributed by atoms with Crippen molar-refractivity contribution in [3.05, 3.63) is 235 Å². The van der Waals surface area contributed by atoms with Crippen LogP contribution >= 0.6 is 0 Å². The van der Waals surface area contributed by atoms with Gasteiger partial charge in [-0.3, -0.25) is 0 Å². The van der Waals surface area contributed by atoms with Crippen molar-refractivity contribution in [3.8, 4) is 33.4 Å². The van der Waals surface area contributed by atoms with Crippen molar-refractivity contribution >= 4 is 60.5 Å². The first-order chi connectivity index (χ1) is 29.3. The maximum absolute atomic E-state index is 6.63. The molecule has 1 heterocycles. The number of benzene rings is 10. The van der Waals surface area contributed by atoms with Crippen LogP contribution in [0.3, 0.4) is 0 Å². The molecule has 13 rings (SSSR count). The molecule has 0 aliphatic heterocycles. The minimum atomic E-state index is -0.454. The standard InChI is InChI=1S/C57H35NO/c1-2-15-39(16-3-1)58(40-30-31-45-44-20-8-12-24-50(44)57(51(45)35-40)48-22-10-6-18-42(48)43-19-7-11-23-49(43)57)52-32-33-54-56(46-21-9-13-25-53(46)59-54)55(52)38-29-28-37-27-26-36-14-4-5-17-41(36)47(37)34-38/h1-35H. The molecule has 2 aliphatic carbocycles. The van der Waals surface area contributed by atoms with E-state index in [1.165, 1.54) is 66.1 Å². The van der Waals surface area contributed by atoms with Crippen molar-refractivity contribution in [1.29, 1.82) is 0 Å². The molecule has 0 fully saturated rings. The summed E-state index contributed by atoms with van der Waals surface area (Å²) in [5.74, 6) is 0. The highest BCUT2D eigenvalue weighted by Gasteiger charge is 2.51. The summed E-state index contributed by atoms with van der Waals surface area (Å²) in [6, 6.07) is 78.1. The molecule has 0 N–H and O–H groups in total. The molecule has 11 aromatic rings. The first kappa shape index (κ1) is 32.4. The second kappa shape index (κ2) is 12.2. The molecular formula is C57H35NO. The molecule has 2 aliphatic rings. The number of nitrogens with zero attached hydrogens (tertiary/aromatic N) is 1. The van der Waals surface area contributed by atoms with E-state index in [9.17, 15) is 0 Å². The van der Waals surface area contributed by atoms with Gasteiger partial charge in [0.05, 0.1) is 11.1 Å². The van der Waals surface area contributed by atoms with Gasteiger partial charge in [-0.15, -0.1) is 0 Å². The zero-order valence-electron chi connectivity index (χ0n) is 32.1. The summed E-state index contributed by atoms with van der Waals surface area (Å²) in [7, 11) is 0. The summed E-state index contributed by atoms with van der Waals surface area (Å²) in [5, 5.41) is 7.16. The molecule has 1 aromatic heterocycles. The van der Waals surface area contributed by atoms with E-state index in [0.29, 0.717) is 0 Å². The molecule has 59 heavy (non-hydrogen) atoms. The number of hydrogen-bond donors (Lipinski definition) is 0. The zero-order chi connectivity index (χ0) is 38.7. The Morgan fingerprint density at radius 2 is 0.932 bits per heavy atom. The van der Waals surface area contributed by atoms with Gasteiger partial charge in [-0.1, -0.05) is 164 Å². The maximum atomic E-state index is 6.63. The number of furan rings is 1. The summed E-state index contributed by atoms with van der Waals surface area (Å²) in [6.07, 6.45) is 0. The Morgan fingerprint density at radius 1 is 0.356 bits per heavy atom. The lowest BCUT2D eigenvalue weighted by atomic mass is 9.70. The normalized spacial score (nSPS) is 13.2. The van der Waals surface area contributed by atoms with Crippen molar-refractivity contribution in [2.75, 3.05) is 4.90 Å². The fraction of sp³-hybridized carbons (Fsp3) is 0.0175. The topological polar surface area (TPSA) is 16.4 Å². The van der Waals surface area contributed by atoms with Gasteiger partial charge in [0.15, 0.2) is 0 Å². The van der Waals surface area contributed by atoms with Crippen molar-refractivity contribution in [2.45, 2.75) is 5.41 Å². The second-order valence-corrected chi connectivity index (χ2v) is 15.9. The van der Waals surface area contributed by atoms with E-state index in [0.717, 1.165) is 50.1 Å². The number of hydrogen-bond acceptors (Lipinski definition) is 2. The van der Waals surface area contributed by atoms with Gasteiger partial charge in [-0.2, -0.15) is 0 Å². The molecule has 2 nitrogen and oxygen atoms in total. The van der Waals surface area contributed by atoms with Gasteiger partial charge in [0, 0.05) is 27.7 Å². The van der Waals surface area contributed by atoms with E-state index in [4.69, 9.17) is 4.42 Å². The van der Waals surface area contributed by atoms with Crippen molar-refractivity contribution < 1.29 is 4.42 Å². The molecule has 2 heteroatoms. The minimum absolute atomic E-state index is 0.454. The molecule has 0 saturated carbocycles. The fourth-order valence-corrected chi connectivity index (χ4v) is 10.7. The van der Waals surface area contributed by atoms with Crippen LogP contribution in [0.15, 0.2) is 217 Å². The Balaban J connectivity index is 1.13. The summed E-state index contributed by atoms with van der Waals surface area (Å²) < 4.78 is 6.63. The first-order valence-corrected chi connectivity index (χ1v) is 20.4. The van der Waals surface area contributed by atoms with Gasteiger partial charge in [0.2, 0.25) is 0 Å². The third kappa shape index (κ3) is 4.40. The molecule has 0 bridgehead atoms. The fourth-order valence-electron chi connectivity index (χ4n) is 10.7. The molecule has 1 spiro atoms. The smallest absolute Gasteiger partial charge is 0.136 e. The van der Waals surface area contributed by atoms with Gasteiger partial charge in [-0.25, -0.2) is 0 Å². The molecule has 0 saturated heterocycles. The highest BCUT2D eigenvalue weighted by atomic mass is 16.3. The van der Waals surface area contributed by atoms with E-state index >= 15 is 0 Å². The van der Waals surface area contributed by atoms with Crippen LogP contribution in [-0.2, 0) is 5.41 Å². The van der Waals surface area contributed by atoms with Crippen LogP contribution in [0, 0.1) is 0 Å². The Kier molecular flexibility index (Phi) is 6.68. The minimum Gasteiger partial charge on any atom is -0.456 e. The average Bonchev–Trinajstić information content (AvgIpc) is 3.93. The third-order valence-corrected chi connectivity index (χ3v) is 13.1. The Bertz CT molecular complexity index is 3460. The van der Waals surface area contributed by atoms with Crippen LogP contribution in [0.2, 0.25) is 0 Å². The monoisotopic (exact) mass is 749 g/mol. The summed E-state index contributed by atoms with van der Waals surface area (Å²) in [5.41, 5.74) is 17.4. The van der Waals surface area contributed by atoms with Crippen LogP contribution in [0.4, 0.5) is 17.1 Å². The lowest BCUT2D eigenvalue weighted by Crippen LogP contribution is -2.26. The third-order valence-electron chi connectivity index (χ3n) is 13.1. The van der Waals surface area contributed by atoms with Gasteiger partial charge in [0.25, 0.3) is 0 Å². The average molecular weight is 750 g/mol. The molecular weight excluding hydrogens is 715 g/mol. The van der Waals surface area contributed by atoms with E-state index in [1.54, 1.807) is 0 Å². The summed E-state index contributed by atoms with van der Waals surface area (Å²) in [6.45, 7) is 0. The quantitative estimate of drug-likeness (QED) is 0.167. The molecule has 0 amide bonds. The number of rotatable bonds is 4. The van der Waals surface area contributed by atoms with E-state index in [-0.39, 0.29) is 0 Å². The van der Waals surface area contributed by atoms with E-state index in [1.807, 2.05) is 0 Å². The molecule has 10 aromatic carbocycles. The zero-order valence-corrected chi connectivity index (χ0v) is 32.1. The molecule has 0 unspecified atom stereocenters.